The van der Waals surface area contributed by atoms with Crippen LogP contribution in [-0.4, -0.2) is 35.3 Å². The summed E-state index contributed by atoms with van der Waals surface area (Å²) >= 11 is 0. The third-order valence-corrected chi connectivity index (χ3v) is 6.06. The van der Waals surface area contributed by atoms with Gasteiger partial charge in [0, 0.05) is 29.8 Å². The maximum Gasteiger partial charge on any atom is 0.253 e. The van der Waals surface area contributed by atoms with E-state index in [9.17, 15) is 9.59 Å². The van der Waals surface area contributed by atoms with Crippen LogP contribution in [-0.2, 0) is 0 Å². The highest BCUT2D eigenvalue weighted by Gasteiger charge is 2.41. The van der Waals surface area contributed by atoms with Crippen LogP contribution in [0.1, 0.15) is 58.4 Å². The molecule has 1 saturated carbocycles. The fourth-order valence-corrected chi connectivity index (χ4v) is 4.17. The number of likely N-dealkylation sites (tertiary alicyclic amines) is 1. The lowest BCUT2D eigenvalue weighted by Gasteiger charge is -2.43. The van der Waals surface area contributed by atoms with Crippen LogP contribution in [0.4, 0.5) is 0 Å². The third-order valence-electron chi connectivity index (χ3n) is 6.06. The van der Waals surface area contributed by atoms with Crippen molar-refractivity contribution in [1.82, 2.24) is 10.2 Å². The second kappa shape index (κ2) is 8.08. The molecule has 2 fully saturated rings. The largest absolute Gasteiger partial charge is 0.346 e. The van der Waals surface area contributed by atoms with E-state index in [-0.39, 0.29) is 17.4 Å². The second-order valence-electron chi connectivity index (χ2n) is 8.23. The summed E-state index contributed by atoms with van der Waals surface area (Å²) in [5.74, 6) is 0.647. The first-order valence-electron chi connectivity index (χ1n) is 10.3. The molecule has 2 aromatic rings. The van der Waals surface area contributed by atoms with Crippen LogP contribution in [0.2, 0.25) is 0 Å². The highest BCUT2D eigenvalue weighted by Crippen LogP contribution is 2.41. The number of hydrogen-bond acceptors (Lipinski definition) is 3. The summed E-state index contributed by atoms with van der Waals surface area (Å²) in [5.41, 5.74) is 1.59. The zero-order valence-electron chi connectivity index (χ0n) is 16.4. The minimum absolute atomic E-state index is 0.0103. The van der Waals surface area contributed by atoms with Gasteiger partial charge in [-0.3, -0.25) is 9.59 Å². The number of nitrogens with zero attached hydrogens (tertiary/aromatic N) is 2. The van der Waals surface area contributed by atoms with E-state index in [0.29, 0.717) is 35.7 Å². The molecule has 29 heavy (non-hydrogen) atoms. The van der Waals surface area contributed by atoms with E-state index in [0.717, 1.165) is 19.3 Å². The molecule has 0 unspecified atom stereocenters. The summed E-state index contributed by atoms with van der Waals surface area (Å²) in [6.45, 7) is 1.25. The highest BCUT2D eigenvalue weighted by molar-refractivity contribution is 5.95. The summed E-state index contributed by atoms with van der Waals surface area (Å²) < 4.78 is 0. The zero-order valence-corrected chi connectivity index (χ0v) is 16.4. The van der Waals surface area contributed by atoms with Crippen LogP contribution < -0.4 is 5.32 Å². The summed E-state index contributed by atoms with van der Waals surface area (Å²) in [6.07, 6.45) is 4.99. The average Bonchev–Trinajstić information content (AvgIpc) is 3.58. The second-order valence-corrected chi connectivity index (χ2v) is 8.23. The Hall–Kier alpha value is -3.13. The molecule has 1 heterocycles. The first kappa shape index (κ1) is 19.2. The molecular weight excluding hydrogens is 362 g/mol. The van der Waals surface area contributed by atoms with Crippen LogP contribution in [0, 0.1) is 17.2 Å². The van der Waals surface area contributed by atoms with Gasteiger partial charge in [-0.25, -0.2) is 0 Å². The molecule has 148 valence electrons. The van der Waals surface area contributed by atoms with Crippen molar-refractivity contribution in [2.45, 2.75) is 37.6 Å². The van der Waals surface area contributed by atoms with Crippen molar-refractivity contribution in [3.63, 3.8) is 0 Å². The van der Waals surface area contributed by atoms with E-state index in [2.05, 4.69) is 11.4 Å². The standard InChI is InChI=1S/C24H25N3O2/c25-17-19-8-10-21(11-9-19)23(29)27-14-12-24(13-15-27,16-18-6-7-18)26-22(28)20-4-2-1-3-5-20/h1-5,8-11,18H,6-7,12-16H2,(H,26,28). The van der Waals surface area contributed by atoms with Crippen LogP contribution in [0.25, 0.3) is 0 Å². The Morgan fingerprint density at radius 3 is 2.24 bits per heavy atom. The predicted octanol–water partition coefficient (Wildman–Crippen LogP) is 3.76. The molecule has 0 radical (unpaired) electrons. The number of hydrogen-bond donors (Lipinski definition) is 1. The van der Waals surface area contributed by atoms with Gasteiger partial charge in [-0.2, -0.15) is 5.26 Å². The fourth-order valence-electron chi connectivity index (χ4n) is 4.17. The first-order chi connectivity index (χ1) is 14.1. The Bertz CT molecular complexity index is 919. The quantitative estimate of drug-likeness (QED) is 0.849. The number of carbonyl (C=O) groups is 2. The minimum Gasteiger partial charge on any atom is -0.346 e. The number of nitriles is 1. The van der Waals surface area contributed by atoms with Gasteiger partial charge in [0.25, 0.3) is 11.8 Å². The summed E-state index contributed by atoms with van der Waals surface area (Å²) in [7, 11) is 0. The van der Waals surface area contributed by atoms with Crippen LogP contribution in [0.3, 0.4) is 0 Å². The normalized spacial score (nSPS) is 18.0. The van der Waals surface area contributed by atoms with Crippen LogP contribution >= 0.6 is 0 Å². The Morgan fingerprint density at radius 2 is 1.66 bits per heavy atom. The average molecular weight is 387 g/mol. The van der Waals surface area contributed by atoms with Gasteiger partial charge in [0.05, 0.1) is 11.6 Å². The van der Waals surface area contributed by atoms with E-state index < -0.39 is 0 Å². The topological polar surface area (TPSA) is 73.2 Å². The number of nitrogens with one attached hydrogen (secondary N) is 1. The molecule has 2 aliphatic rings. The Kier molecular flexibility index (Phi) is 5.35. The molecule has 1 aliphatic carbocycles. The Morgan fingerprint density at radius 1 is 1.00 bits per heavy atom. The maximum absolute atomic E-state index is 12.8. The smallest absolute Gasteiger partial charge is 0.253 e. The molecule has 0 aromatic heterocycles. The van der Waals surface area contributed by atoms with Gasteiger partial charge in [0.1, 0.15) is 0 Å². The molecule has 2 amide bonds. The molecule has 1 N–H and O–H groups in total. The number of piperidine rings is 1. The molecular formula is C24H25N3O2. The van der Waals surface area contributed by atoms with Crippen molar-refractivity contribution in [1.29, 1.82) is 5.26 Å². The summed E-state index contributed by atoms with van der Waals surface area (Å²) in [5, 5.41) is 12.2. The molecule has 5 heteroatoms. The fraction of sp³-hybridized carbons (Fsp3) is 0.375. The van der Waals surface area contributed by atoms with Gasteiger partial charge >= 0.3 is 0 Å². The maximum atomic E-state index is 12.8. The lowest BCUT2D eigenvalue weighted by atomic mass is 9.82. The number of amides is 2. The molecule has 0 bridgehead atoms. The molecule has 0 spiro atoms. The lowest BCUT2D eigenvalue weighted by molar-refractivity contribution is 0.0600. The van der Waals surface area contributed by atoms with Crippen LogP contribution in [0.5, 0.6) is 0 Å². The van der Waals surface area contributed by atoms with Gasteiger partial charge in [-0.1, -0.05) is 31.0 Å². The zero-order chi connectivity index (χ0) is 20.3. The molecule has 2 aromatic carbocycles. The van der Waals surface area contributed by atoms with E-state index in [1.54, 1.807) is 24.3 Å². The first-order valence-corrected chi connectivity index (χ1v) is 10.3. The van der Waals surface area contributed by atoms with Gasteiger partial charge in [0.2, 0.25) is 0 Å². The van der Waals surface area contributed by atoms with Crippen molar-refractivity contribution >= 4 is 11.8 Å². The van der Waals surface area contributed by atoms with Gasteiger partial charge in [-0.15, -0.1) is 0 Å². The highest BCUT2D eigenvalue weighted by atomic mass is 16.2. The molecule has 0 atom stereocenters. The number of carbonyl (C=O) groups excluding carboxylic acids is 2. The van der Waals surface area contributed by atoms with E-state index in [4.69, 9.17) is 5.26 Å². The van der Waals surface area contributed by atoms with E-state index in [1.807, 2.05) is 35.2 Å². The summed E-state index contributed by atoms with van der Waals surface area (Å²) in [4.78, 5) is 27.5. The SMILES string of the molecule is N#Cc1ccc(C(=O)N2CCC(CC3CC3)(NC(=O)c3ccccc3)CC2)cc1. The van der Waals surface area contributed by atoms with Gasteiger partial charge in [-0.05, 0) is 61.6 Å². The monoisotopic (exact) mass is 387 g/mol. The molecule has 5 nitrogen and oxygen atoms in total. The van der Waals surface area contributed by atoms with E-state index >= 15 is 0 Å². The minimum atomic E-state index is -0.241. The third kappa shape index (κ3) is 4.48. The van der Waals surface area contributed by atoms with Gasteiger partial charge < -0.3 is 10.2 Å². The van der Waals surface area contributed by atoms with Crippen LogP contribution in [0.15, 0.2) is 54.6 Å². The summed E-state index contributed by atoms with van der Waals surface area (Å²) in [6, 6.07) is 18.2. The number of benzene rings is 2. The Balaban J connectivity index is 1.43. The molecule has 1 aliphatic heterocycles. The Labute approximate surface area is 171 Å². The van der Waals surface area contributed by atoms with Gasteiger partial charge in [0.15, 0.2) is 0 Å². The van der Waals surface area contributed by atoms with Crippen molar-refractivity contribution in [3.8, 4) is 6.07 Å². The van der Waals surface area contributed by atoms with Crippen molar-refractivity contribution in [2.75, 3.05) is 13.1 Å². The number of rotatable bonds is 5. The molecule has 1 saturated heterocycles. The predicted molar refractivity (Wildman–Crippen MR) is 110 cm³/mol. The van der Waals surface area contributed by atoms with Crippen molar-refractivity contribution in [3.05, 3.63) is 71.3 Å². The van der Waals surface area contributed by atoms with E-state index in [1.165, 1.54) is 12.8 Å². The van der Waals surface area contributed by atoms with Crippen molar-refractivity contribution < 1.29 is 9.59 Å². The van der Waals surface area contributed by atoms with Crippen molar-refractivity contribution in [2.24, 2.45) is 5.92 Å². The lowest BCUT2D eigenvalue weighted by Crippen LogP contribution is -2.56. The molecule has 4 rings (SSSR count).